The Hall–Kier alpha value is -1.91. The molecule has 1 heterocycles. The van der Waals surface area contributed by atoms with Crippen LogP contribution in [0.5, 0.6) is 11.5 Å². The number of hydrogen-bond acceptors (Lipinski definition) is 8. The van der Waals surface area contributed by atoms with E-state index in [1.54, 1.807) is 18.2 Å². The van der Waals surface area contributed by atoms with Gasteiger partial charge in [0.05, 0.1) is 13.7 Å². The molecule has 1 aromatic rings. The van der Waals surface area contributed by atoms with E-state index >= 15 is 0 Å². The van der Waals surface area contributed by atoms with E-state index < -0.39 is 37.3 Å². The van der Waals surface area contributed by atoms with E-state index in [2.05, 4.69) is 12.2 Å². The van der Waals surface area contributed by atoms with Gasteiger partial charge in [-0.05, 0) is 24.1 Å². The lowest BCUT2D eigenvalue weighted by Crippen LogP contribution is -2.60. The van der Waals surface area contributed by atoms with E-state index in [9.17, 15) is 25.2 Å². The third-order valence-corrected chi connectivity index (χ3v) is 5.57. The molecule has 1 amide bonds. The summed E-state index contributed by atoms with van der Waals surface area (Å²) in [4.78, 5) is 12.1. The van der Waals surface area contributed by atoms with E-state index in [-0.39, 0.29) is 11.7 Å². The van der Waals surface area contributed by atoms with Gasteiger partial charge in [-0.2, -0.15) is 0 Å². The maximum Gasteiger partial charge on any atom is 0.229 e. The van der Waals surface area contributed by atoms with Gasteiger partial charge >= 0.3 is 0 Å². The number of carbonyl (C=O) groups excluding carboxylic acids is 1. The first kappa shape index (κ1) is 26.3. The third-order valence-electron chi connectivity index (χ3n) is 5.57. The van der Waals surface area contributed by atoms with Gasteiger partial charge in [0, 0.05) is 13.0 Å². The Morgan fingerprint density at radius 1 is 1.03 bits per heavy atom. The van der Waals surface area contributed by atoms with Gasteiger partial charge in [0.1, 0.15) is 24.4 Å². The first-order valence-corrected chi connectivity index (χ1v) is 11.3. The number of hydrogen-bond donors (Lipinski definition) is 5. The molecular formula is C23H37NO8. The molecule has 2 rings (SSSR count). The summed E-state index contributed by atoms with van der Waals surface area (Å²) < 4.78 is 16.4. The highest BCUT2D eigenvalue weighted by Crippen LogP contribution is 2.32. The molecule has 0 bridgehead atoms. The van der Waals surface area contributed by atoms with E-state index in [1.807, 2.05) is 0 Å². The molecule has 9 nitrogen and oxygen atoms in total. The fourth-order valence-corrected chi connectivity index (χ4v) is 3.56. The summed E-state index contributed by atoms with van der Waals surface area (Å²) in [6.07, 6.45) is 0.394. The van der Waals surface area contributed by atoms with Gasteiger partial charge in [-0.15, -0.1) is 0 Å². The minimum absolute atomic E-state index is 0.00102. The van der Waals surface area contributed by atoms with Gasteiger partial charge < -0.3 is 40.0 Å². The van der Waals surface area contributed by atoms with Crippen molar-refractivity contribution in [2.24, 2.45) is 0 Å². The maximum atomic E-state index is 12.1. The fourth-order valence-electron chi connectivity index (χ4n) is 3.56. The average molecular weight is 456 g/mol. The van der Waals surface area contributed by atoms with Crippen LogP contribution in [0.4, 0.5) is 0 Å². The monoisotopic (exact) mass is 455 g/mol. The Morgan fingerprint density at radius 2 is 1.75 bits per heavy atom. The van der Waals surface area contributed by atoms with E-state index in [0.29, 0.717) is 18.7 Å². The highest BCUT2D eigenvalue weighted by atomic mass is 16.7. The molecule has 5 atom stereocenters. The summed E-state index contributed by atoms with van der Waals surface area (Å²) >= 11 is 0. The first-order valence-electron chi connectivity index (χ1n) is 11.3. The second-order valence-electron chi connectivity index (χ2n) is 8.09. The van der Waals surface area contributed by atoms with Crippen molar-refractivity contribution in [3.63, 3.8) is 0 Å². The number of methoxy groups -OCH3 is 1. The predicted molar refractivity (Wildman–Crippen MR) is 117 cm³/mol. The molecule has 1 saturated heterocycles. The molecule has 5 N–H and O–H groups in total. The summed E-state index contributed by atoms with van der Waals surface area (Å²) in [5, 5.41) is 42.1. The maximum absolute atomic E-state index is 12.1. The van der Waals surface area contributed by atoms with Crippen LogP contribution in [0.25, 0.3) is 0 Å². The number of unbranched alkanes of at least 4 members (excludes halogenated alkanes) is 5. The summed E-state index contributed by atoms with van der Waals surface area (Å²) in [7, 11) is 1.45. The van der Waals surface area contributed by atoms with Crippen molar-refractivity contribution in [3.05, 3.63) is 23.8 Å². The molecule has 0 aromatic heterocycles. The van der Waals surface area contributed by atoms with Crippen molar-refractivity contribution in [1.82, 2.24) is 5.32 Å². The molecule has 9 heteroatoms. The van der Waals surface area contributed by atoms with Crippen molar-refractivity contribution >= 4 is 5.91 Å². The molecule has 1 aliphatic heterocycles. The van der Waals surface area contributed by atoms with Gasteiger partial charge in [-0.3, -0.25) is 4.79 Å². The van der Waals surface area contributed by atoms with Crippen molar-refractivity contribution in [3.8, 4) is 11.5 Å². The number of aliphatic hydroxyl groups excluding tert-OH is 4. The highest BCUT2D eigenvalue weighted by Gasteiger charge is 2.44. The number of carbonyl (C=O) groups is 1. The van der Waals surface area contributed by atoms with E-state index in [1.165, 1.54) is 26.4 Å². The van der Waals surface area contributed by atoms with E-state index in [4.69, 9.17) is 14.2 Å². The number of ether oxygens (including phenoxy) is 3. The van der Waals surface area contributed by atoms with Gasteiger partial charge in [0.2, 0.25) is 12.2 Å². The van der Waals surface area contributed by atoms with Crippen molar-refractivity contribution in [2.45, 2.75) is 89.1 Å². The van der Waals surface area contributed by atoms with E-state index in [0.717, 1.165) is 24.8 Å². The molecule has 0 unspecified atom stereocenters. The first-order chi connectivity index (χ1) is 15.4. The smallest absolute Gasteiger partial charge is 0.229 e. The van der Waals surface area contributed by atoms with Crippen LogP contribution in [0.15, 0.2) is 18.2 Å². The van der Waals surface area contributed by atoms with Crippen LogP contribution in [0.1, 0.15) is 57.4 Å². The average Bonchev–Trinajstić information content (AvgIpc) is 2.80. The Kier molecular flexibility index (Phi) is 11.2. The molecule has 32 heavy (non-hydrogen) atoms. The van der Waals surface area contributed by atoms with Gasteiger partial charge in [-0.25, -0.2) is 0 Å². The Balaban J connectivity index is 1.87. The second kappa shape index (κ2) is 13.6. The second-order valence-corrected chi connectivity index (χ2v) is 8.09. The predicted octanol–water partition coefficient (Wildman–Crippen LogP) is 1.24. The molecule has 1 aromatic carbocycles. The summed E-state index contributed by atoms with van der Waals surface area (Å²) in [5.41, 5.74) is 0.805. The van der Waals surface area contributed by atoms with Crippen LogP contribution in [-0.2, 0) is 16.1 Å². The number of benzene rings is 1. The number of amides is 1. The van der Waals surface area contributed by atoms with Crippen molar-refractivity contribution < 1.29 is 39.4 Å². The summed E-state index contributed by atoms with van der Waals surface area (Å²) in [6, 6.07) is 5.05. The SMILES string of the molecule is CCCCCCCCC(=O)NCc1ccc(O[C@H]2O[C@H](CO)[C@H](O)[C@H](O)[C@H]2O)c(OC)c1. The third kappa shape index (κ3) is 7.60. The zero-order valence-corrected chi connectivity index (χ0v) is 18.9. The normalized spacial score (nSPS) is 25.4. The minimum Gasteiger partial charge on any atom is -0.493 e. The zero-order valence-electron chi connectivity index (χ0n) is 18.9. The van der Waals surface area contributed by atoms with Crippen LogP contribution in [0.2, 0.25) is 0 Å². The number of aliphatic hydroxyl groups is 4. The topological polar surface area (TPSA) is 138 Å². The quantitative estimate of drug-likeness (QED) is 0.280. The molecule has 0 aliphatic carbocycles. The van der Waals surface area contributed by atoms with Gasteiger partial charge in [-0.1, -0.05) is 45.1 Å². The van der Waals surface area contributed by atoms with Gasteiger partial charge in [0.15, 0.2) is 11.5 Å². The molecule has 0 saturated carbocycles. The molecule has 0 radical (unpaired) electrons. The molecule has 0 spiro atoms. The Labute approximate surface area is 189 Å². The number of rotatable bonds is 13. The summed E-state index contributed by atoms with van der Waals surface area (Å²) in [5.74, 6) is 0.602. The van der Waals surface area contributed by atoms with Crippen molar-refractivity contribution in [2.75, 3.05) is 13.7 Å². The molecule has 1 fully saturated rings. The number of nitrogens with one attached hydrogen (secondary N) is 1. The standard InChI is InChI=1S/C23H37NO8/c1-3-4-5-6-7-8-9-19(26)24-13-15-10-11-16(17(12-15)30-2)31-23-22(29)21(28)20(27)18(14-25)32-23/h10-12,18,20-23,25,27-29H,3-9,13-14H2,1-2H3,(H,24,26)/t18-,20+,21+,22-,23+/m1/s1. The van der Waals surface area contributed by atoms with Crippen LogP contribution in [-0.4, -0.2) is 70.8 Å². The lowest BCUT2D eigenvalue weighted by molar-refractivity contribution is -0.277. The fraction of sp³-hybridized carbons (Fsp3) is 0.696. The van der Waals surface area contributed by atoms with Gasteiger partial charge in [0.25, 0.3) is 0 Å². The lowest BCUT2D eigenvalue weighted by atomic mass is 9.99. The Morgan fingerprint density at radius 3 is 2.44 bits per heavy atom. The van der Waals surface area contributed by atoms with Crippen LogP contribution >= 0.6 is 0 Å². The Bertz CT molecular complexity index is 699. The van der Waals surface area contributed by atoms with Crippen molar-refractivity contribution in [1.29, 1.82) is 0 Å². The summed E-state index contributed by atoms with van der Waals surface area (Å²) in [6.45, 7) is 1.97. The van der Waals surface area contributed by atoms with Crippen LogP contribution < -0.4 is 14.8 Å². The highest BCUT2D eigenvalue weighted by molar-refractivity contribution is 5.75. The van der Waals surface area contributed by atoms with Crippen LogP contribution in [0.3, 0.4) is 0 Å². The lowest BCUT2D eigenvalue weighted by Gasteiger charge is -2.39. The molecular weight excluding hydrogens is 418 g/mol. The largest absolute Gasteiger partial charge is 0.493 e. The van der Waals surface area contributed by atoms with Crippen LogP contribution in [0, 0.1) is 0 Å². The molecule has 182 valence electrons. The zero-order chi connectivity index (χ0) is 23.5. The minimum atomic E-state index is -1.53. The molecule has 1 aliphatic rings.